The highest BCUT2D eigenvalue weighted by Gasteiger charge is 2.33. The molecule has 0 spiro atoms. The van der Waals surface area contributed by atoms with Crippen molar-refractivity contribution < 1.29 is 22.6 Å². The molecule has 30 heavy (non-hydrogen) atoms. The Kier molecular flexibility index (Phi) is 4.79. The van der Waals surface area contributed by atoms with E-state index in [2.05, 4.69) is 11.0 Å². The van der Waals surface area contributed by atoms with Gasteiger partial charge in [-0.25, -0.2) is 13.2 Å². The van der Waals surface area contributed by atoms with Crippen LogP contribution in [0.3, 0.4) is 0 Å². The highest BCUT2D eigenvalue weighted by Crippen LogP contribution is 2.44. The summed E-state index contributed by atoms with van der Waals surface area (Å²) in [5.74, 6) is -2.62. The fourth-order valence-electron chi connectivity index (χ4n) is 4.37. The molecule has 0 bridgehead atoms. The molecule has 1 saturated heterocycles. The van der Waals surface area contributed by atoms with Gasteiger partial charge in [0.25, 0.3) is 0 Å². The van der Waals surface area contributed by atoms with Crippen LogP contribution in [-0.2, 0) is 11.2 Å². The molecule has 2 aliphatic heterocycles. The van der Waals surface area contributed by atoms with E-state index in [1.807, 2.05) is 24.3 Å². The van der Waals surface area contributed by atoms with Crippen LogP contribution in [0.15, 0.2) is 42.5 Å². The van der Waals surface area contributed by atoms with Gasteiger partial charge < -0.3 is 20.1 Å². The second-order valence-corrected chi connectivity index (χ2v) is 7.72. The number of halogens is 3. The van der Waals surface area contributed by atoms with Crippen molar-refractivity contribution in [2.45, 2.75) is 18.6 Å². The van der Waals surface area contributed by atoms with Gasteiger partial charge in [0.15, 0.2) is 11.6 Å². The normalized spacial score (nSPS) is 21.4. The molecule has 2 aliphatic rings. The molecule has 0 amide bonds. The third-order valence-electron chi connectivity index (χ3n) is 5.84. The Morgan fingerprint density at radius 1 is 0.900 bits per heavy atom. The van der Waals surface area contributed by atoms with E-state index in [0.29, 0.717) is 31.5 Å². The Balaban J connectivity index is 1.61. The molecule has 2 atom stereocenters. The summed E-state index contributed by atoms with van der Waals surface area (Å²) < 4.78 is 53.3. The van der Waals surface area contributed by atoms with Crippen LogP contribution in [-0.4, -0.2) is 32.3 Å². The van der Waals surface area contributed by atoms with E-state index in [9.17, 15) is 13.2 Å². The van der Waals surface area contributed by atoms with Crippen LogP contribution in [0.2, 0.25) is 0 Å². The van der Waals surface area contributed by atoms with Gasteiger partial charge in [0.05, 0.1) is 19.3 Å². The van der Waals surface area contributed by atoms with Crippen LogP contribution >= 0.6 is 0 Å². The molecule has 156 valence electrons. The minimum Gasteiger partial charge on any atom is -0.483 e. The van der Waals surface area contributed by atoms with E-state index in [1.54, 1.807) is 0 Å². The van der Waals surface area contributed by atoms with E-state index in [-0.39, 0.29) is 5.56 Å². The molecule has 2 unspecified atom stereocenters. The first-order chi connectivity index (χ1) is 14.5. The molecule has 0 saturated carbocycles. The standard InChI is InChI=1S/C23H21F3N2O2/c24-17-12-19(26)18(25)11-16(17)23-20(27)9-13-10-21(28-5-7-29-8-6-28)14-3-1-2-4-15(14)22(13)30-23/h1-4,10-12,20,23H,5-9,27H2. The number of ether oxygens (including phenoxy) is 2. The molecule has 2 heterocycles. The Hall–Kier alpha value is -2.77. The van der Waals surface area contributed by atoms with Crippen LogP contribution in [0.25, 0.3) is 10.8 Å². The fraction of sp³-hybridized carbons (Fsp3) is 0.304. The van der Waals surface area contributed by atoms with Gasteiger partial charge >= 0.3 is 0 Å². The molecule has 3 aromatic rings. The molecule has 7 heteroatoms. The molecular weight excluding hydrogens is 393 g/mol. The first-order valence-corrected chi connectivity index (χ1v) is 9.97. The minimum absolute atomic E-state index is 0.0756. The number of morpholine rings is 1. The van der Waals surface area contributed by atoms with Gasteiger partial charge in [0.2, 0.25) is 0 Å². The molecule has 0 aromatic heterocycles. The second kappa shape index (κ2) is 7.49. The van der Waals surface area contributed by atoms with Crippen LogP contribution in [0.5, 0.6) is 5.75 Å². The van der Waals surface area contributed by atoms with Gasteiger partial charge in [0, 0.05) is 41.2 Å². The van der Waals surface area contributed by atoms with E-state index in [0.717, 1.165) is 41.2 Å². The number of anilines is 1. The largest absolute Gasteiger partial charge is 0.483 e. The van der Waals surface area contributed by atoms with Crippen molar-refractivity contribution >= 4 is 16.5 Å². The van der Waals surface area contributed by atoms with Gasteiger partial charge in [0.1, 0.15) is 17.7 Å². The highest BCUT2D eigenvalue weighted by molar-refractivity contribution is 5.99. The van der Waals surface area contributed by atoms with Gasteiger partial charge in [-0.1, -0.05) is 24.3 Å². The SMILES string of the molecule is NC1Cc2cc(N3CCOCC3)c3ccccc3c2OC1c1cc(F)c(F)cc1F. The lowest BCUT2D eigenvalue weighted by atomic mass is 9.90. The van der Waals surface area contributed by atoms with Crippen LogP contribution in [0.4, 0.5) is 18.9 Å². The maximum absolute atomic E-state index is 14.4. The van der Waals surface area contributed by atoms with Crippen molar-refractivity contribution in [3.63, 3.8) is 0 Å². The third-order valence-corrected chi connectivity index (χ3v) is 5.84. The summed E-state index contributed by atoms with van der Waals surface area (Å²) in [5, 5.41) is 1.90. The summed E-state index contributed by atoms with van der Waals surface area (Å²) in [6.07, 6.45) is -0.481. The first kappa shape index (κ1) is 19.2. The lowest BCUT2D eigenvalue weighted by Crippen LogP contribution is -2.39. The molecule has 0 radical (unpaired) electrons. The molecular formula is C23H21F3N2O2. The number of benzene rings is 3. The maximum atomic E-state index is 14.4. The van der Waals surface area contributed by atoms with Crippen LogP contribution in [0.1, 0.15) is 17.2 Å². The van der Waals surface area contributed by atoms with E-state index in [1.165, 1.54) is 0 Å². The summed E-state index contributed by atoms with van der Waals surface area (Å²) in [4.78, 5) is 2.28. The predicted octanol–water partition coefficient (Wildman–Crippen LogP) is 4.10. The van der Waals surface area contributed by atoms with Crippen molar-refractivity contribution in [1.29, 1.82) is 0 Å². The van der Waals surface area contributed by atoms with Crippen molar-refractivity contribution in [3.05, 3.63) is 71.0 Å². The van der Waals surface area contributed by atoms with Crippen molar-refractivity contribution in [1.82, 2.24) is 0 Å². The van der Waals surface area contributed by atoms with Gasteiger partial charge in [-0.3, -0.25) is 0 Å². The number of fused-ring (bicyclic) bond motifs is 3. The number of hydrogen-bond donors (Lipinski definition) is 1. The second-order valence-electron chi connectivity index (χ2n) is 7.72. The van der Waals surface area contributed by atoms with E-state index in [4.69, 9.17) is 15.2 Å². The number of nitrogens with zero attached hydrogens (tertiary/aromatic N) is 1. The number of nitrogens with two attached hydrogens (primary N) is 1. The van der Waals surface area contributed by atoms with Crippen molar-refractivity contribution in [3.8, 4) is 5.75 Å². The fourth-order valence-corrected chi connectivity index (χ4v) is 4.37. The van der Waals surface area contributed by atoms with E-state index >= 15 is 0 Å². The number of rotatable bonds is 2. The molecule has 4 nitrogen and oxygen atoms in total. The summed E-state index contributed by atoms with van der Waals surface area (Å²) in [5.41, 5.74) is 8.24. The monoisotopic (exact) mass is 414 g/mol. The Morgan fingerprint density at radius 3 is 2.37 bits per heavy atom. The molecule has 3 aromatic carbocycles. The Bertz CT molecular complexity index is 1120. The summed E-state index contributed by atoms with van der Waals surface area (Å²) in [6.45, 7) is 2.91. The van der Waals surface area contributed by atoms with Crippen molar-refractivity contribution in [2.75, 3.05) is 31.2 Å². The summed E-state index contributed by atoms with van der Waals surface area (Å²) in [6, 6.07) is 10.7. The van der Waals surface area contributed by atoms with Crippen LogP contribution in [0, 0.1) is 17.5 Å². The lowest BCUT2D eigenvalue weighted by Gasteiger charge is -2.35. The summed E-state index contributed by atoms with van der Waals surface area (Å²) in [7, 11) is 0. The van der Waals surface area contributed by atoms with Crippen LogP contribution < -0.4 is 15.4 Å². The maximum Gasteiger partial charge on any atom is 0.161 e. The topological polar surface area (TPSA) is 47.7 Å². The van der Waals surface area contributed by atoms with Gasteiger partial charge in [-0.15, -0.1) is 0 Å². The zero-order valence-corrected chi connectivity index (χ0v) is 16.2. The Morgan fingerprint density at radius 2 is 1.60 bits per heavy atom. The molecule has 1 fully saturated rings. The zero-order valence-electron chi connectivity index (χ0n) is 16.2. The summed E-state index contributed by atoms with van der Waals surface area (Å²) >= 11 is 0. The van der Waals surface area contributed by atoms with E-state index < -0.39 is 29.6 Å². The third kappa shape index (κ3) is 3.18. The number of hydrogen-bond acceptors (Lipinski definition) is 4. The highest BCUT2D eigenvalue weighted by atomic mass is 19.2. The van der Waals surface area contributed by atoms with Crippen molar-refractivity contribution in [2.24, 2.45) is 5.73 Å². The van der Waals surface area contributed by atoms with Gasteiger partial charge in [-0.2, -0.15) is 0 Å². The average Bonchev–Trinajstić information content (AvgIpc) is 2.76. The lowest BCUT2D eigenvalue weighted by molar-refractivity contribution is 0.123. The zero-order chi connectivity index (χ0) is 20.8. The molecule has 0 aliphatic carbocycles. The minimum atomic E-state index is -1.23. The predicted molar refractivity (Wildman–Crippen MR) is 108 cm³/mol. The quantitative estimate of drug-likeness (QED) is 0.642. The smallest absolute Gasteiger partial charge is 0.161 e. The first-order valence-electron chi connectivity index (χ1n) is 9.97. The molecule has 2 N–H and O–H groups in total. The molecule has 5 rings (SSSR count). The average molecular weight is 414 g/mol. The Labute approximate surface area is 172 Å². The van der Waals surface area contributed by atoms with Gasteiger partial charge in [-0.05, 0) is 24.1 Å².